The second-order valence-electron chi connectivity index (χ2n) is 11.7. The number of hydrogen-bond acceptors (Lipinski definition) is 5. The van der Waals surface area contributed by atoms with Crippen LogP contribution in [0.2, 0.25) is 0 Å². The van der Waals surface area contributed by atoms with Gasteiger partial charge in [-0.25, -0.2) is 17.9 Å². The predicted octanol–water partition coefficient (Wildman–Crippen LogP) is 6.57. The van der Waals surface area contributed by atoms with Gasteiger partial charge in [-0.3, -0.25) is 14.6 Å². The Morgan fingerprint density at radius 2 is 1.67 bits per heavy atom. The zero-order valence-electron chi connectivity index (χ0n) is 25.9. The Hall–Kier alpha value is -5.59. The number of primary amides is 1. The van der Waals surface area contributed by atoms with Crippen LogP contribution in [0.25, 0.3) is 11.1 Å². The van der Waals surface area contributed by atoms with Gasteiger partial charge in [-0.2, -0.15) is 13.9 Å². The van der Waals surface area contributed by atoms with E-state index >= 15 is 8.78 Å². The van der Waals surface area contributed by atoms with Crippen molar-refractivity contribution >= 4 is 11.8 Å². The fourth-order valence-electron chi connectivity index (χ4n) is 6.11. The quantitative estimate of drug-likeness (QED) is 0.154. The highest BCUT2D eigenvalue weighted by atomic mass is 19.3. The van der Waals surface area contributed by atoms with E-state index < -0.39 is 53.7 Å². The van der Waals surface area contributed by atoms with Crippen LogP contribution in [0.1, 0.15) is 57.5 Å². The van der Waals surface area contributed by atoms with Crippen molar-refractivity contribution < 1.29 is 36.3 Å². The lowest BCUT2D eigenvalue weighted by atomic mass is 9.94. The van der Waals surface area contributed by atoms with Crippen molar-refractivity contribution in [1.82, 2.24) is 20.1 Å². The number of rotatable bonds is 11. The van der Waals surface area contributed by atoms with Gasteiger partial charge in [0.15, 0.2) is 5.69 Å². The zero-order valence-corrected chi connectivity index (χ0v) is 25.9. The second-order valence-corrected chi connectivity index (χ2v) is 11.7. The number of amides is 2. The fraction of sp³-hybridized carbons (Fsp3) is 0.222. The van der Waals surface area contributed by atoms with E-state index in [1.165, 1.54) is 30.5 Å². The van der Waals surface area contributed by atoms with E-state index in [0.29, 0.717) is 47.7 Å². The maximum absolute atomic E-state index is 15.9. The molecule has 1 atom stereocenters. The highest BCUT2D eigenvalue weighted by Crippen LogP contribution is 2.38. The number of pyridine rings is 1. The molecule has 8 nitrogen and oxygen atoms in total. The molecule has 0 spiro atoms. The molecule has 3 aromatic carbocycles. The first kappa shape index (κ1) is 33.3. The summed E-state index contributed by atoms with van der Waals surface area (Å²) in [6, 6.07) is 16.2. The lowest BCUT2D eigenvalue weighted by molar-refractivity contribution is -0.191. The van der Waals surface area contributed by atoms with Crippen LogP contribution in [0, 0.1) is 17.5 Å². The number of nitrogens with zero attached hydrogens (tertiary/aromatic N) is 3. The number of nitrogens with two attached hydrogens (primary N) is 1. The first-order chi connectivity index (χ1) is 23.5. The minimum atomic E-state index is -3.84. The molecule has 252 valence electrons. The Bertz CT molecular complexity index is 2000. The third-order valence-corrected chi connectivity index (χ3v) is 8.19. The number of hydrogen-bond donors (Lipinski definition) is 2. The summed E-state index contributed by atoms with van der Waals surface area (Å²) in [7, 11) is 0. The van der Waals surface area contributed by atoms with Gasteiger partial charge < -0.3 is 15.8 Å². The Labute approximate surface area is 277 Å². The molecule has 6 rings (SSSR count). The topological polar surface area (TPSA) is 112 Å². The smallest absolute Gasteiger partial charge is 0.428 e. The largest absolute Gasteiger partial charge is 0.444 e. The number of alkyl halides is 2. The van der Waals surface area contributed by atoms with Gasteiger partial charge in [-0.1, -0.05) is 30.3 Å². The maximum atomic E-state index is 15.9. The monoisotopic (exact) mass is 675 g/mol. The highest BCUT2D eigenvalue weighted by Gasteiger charge is 2.43. The highest BCUT2D eigenvalue weighted by molar-refractivity contribution is 5.94. The van der Waals surface area contributed by atoms with Crippen LogP contribution in [0.15, 0.2) is 85.1 Å². The van der Waals surface area contributed by atoms with E-state index in [4.69, 9.17) is 10.5 Å². The molecule has 49 heavy (non-hydrogen) atoms. The number of para-hydroxylation sites is 1. The number of halogens is 5. The van der Waals surface area contributed by atoms with E-state index in [2.05, 4.69) is 15.4 Å². The molecule has 0 bridgehead atoms. The lowest BCUT2D eigenvalue weighted by Crippen LogP contribution is -2.36. The Morgan fingerprint density at radius 3 is 2.41 bits per heavy atom. The molecular formula is C36H30F5N5O3. The molecule has 2 amide bonds. The van der Waals surface area contributed by atoms with E-state index in [1.807, 2.05) is 0 Å². The van der Waals surface area contributed by atoms with Crippen LogP contribution in [0.3, 0.4) is 0 Å². The molecule has 2 aromatic heterocycles. The molecule has 13 heteroatoms. The first-order valence-electron chi connectivity index (χ1n) is 15.5. The van der Waals surface area contributed by atoms with Gasteiger partial charge in [0.25, 0.3) is 5.91 Å². The summed E-state index contributed by atoms with van der Waals surface area (Å²) in [5.74, 6) is -4.37. The number of ether oxygens (including phenoxy) is 1. The van der Waals surface area contributed by atoms with Gasteiger partial charge in [-0.15, -0.1) is 0 Å². The normalized spacial score (nSPS) is 13.4. The maximum Gasteiger partial charge on any atom is 0.444 e. The molecular weight excluding hydrogens is 645 g/mol. The van der Waals surface area contributed by atoms with E-state index in [-0.39, 0.29) is 29.0 Å². The van der Waals surface area contributed by atoms with Gasteiger partial charge in [0.2, 0.25) is 5.91 Å². The molecule has 0 saturated heterocycles. The van der Waals surface area contributed by atoms with Gasteiger partial charge in [0, 0.05) is 23.4 Å². The molecule has 0 saturated carbocycles. The summed E-state index contributed by atoms with van der Waals surface area (Å²) in [6.07, 6.45) is -0.406. The van der Waals surface area contributed by atoms with Crippen molar-refractivity contribution in [3.63, 3.8) is 0 Å². The minimum absolute atomic E-state index is 0.0698. The van der Waals surface area contributed by atoms with Crippen molar-refractivity contribution in [3.8, 4) is 16.9 Å². The van der Waals surface area contributed by atoms with Crippen LogP contribution in [-0.4, -0.2) is 26.6 Å². The summed E-state index contributed by atoms with van der Waals surface area (Å²) in [5, 5.41) is 7.17. The fourth-order valence-corrected chi connectivity index (χ4v) is 6.11. The van der Waals surface area contributed by atoms with Gasteiger partial charge >= 0.3 is 6.11 Å². The van der Waals surface area contributed by atoms with Crippen LogP contribution in [0.5, 0.6) is 5.75 Å². The standard InChI is InChI=1S/C36H30F5N5O3/c37-23-15-21(16-24(38)19-23)17-31(33-26(10-6-14-43-33)22-12-13-29(39)28(18-22)35(42)48)44-32(47)20-46-34(27-9-4-5-11-30(27)45-46)36(40,41)49-25-7-2-1-3-8-25/h1-3,6-8,10,12-16,18-19,31H,4-5,9,11,17,20H2,(H2,42,48)(H,44,47)/t31-/m0/s1. The van der Waals surface area contributed by atoms with E-state index in [9.17, 15) is 22.8 Å². The molecule has 0 radical (unpaired) electrons. The van der Waals surface area contributed by atoms with Crippen molar-refractivity contribution in [2.45, 2.75) is 50.8 Å². The number of aromatic nitrogens is 3. The number of aryl methyl sites for hydroxylation is 1. The van der Waals surface area contributed by atoms with E-state index in [0.717, 1.165) is 29.3 Å². The Balaban J connectivity index is 1.37. The molecule has 0 aliphatic heterocycles. The average Bonchev–Trinajstić information content (AvgIpc) is 3.43. The zero-order chi connectivity index (χ0) is 34.7. The molecule has 5 aromatic rings. The Kier molecular flexibility index (Phi) is 9.43. The molecule has 1 aliphatic rings. The summed E-state index contributed by atoms with van der Waals surface area (Å²) < 4.78 is 80.6. The molecule has 0 unspecified atom stereocenters. The molecule has 1 aliphatic carbocycles. The number of carbonyl (C=O) groups is 2. The predicted molar refractivity (Wildman–Crippen MR) is 169 cm³/mol. The number of fused-ring (bicyclic) bond motifs is 1. The van der Waals surface area contributed by atoms with Gasteiger partial charge in [0.05, 0.1) is 23.0 Å². The Morgan fingerprint density at radius 1 is 0.939 bits per heavy atom. The molecule has 3 N–H and O–H groups in total. The summed E-state index contributed by atoms with van der Waals surface area (Å²) in [6.45, 7) is -0.644. The van der Waals surface area contributed by atoms with Crippen LogP contribution in [-0.2, 0) is 36.7 Å². The third-order valence-electron chi connectivity index (χ3n) is 8.19. The third kappa shape index (κ3) is 7.45. The second kappa shape index (κ2) is 13.9. The van der Waals surface area contributed by atoms with Crippen LogP contribution < -0.4 is 15.8 Å². The van der Waals surface area contributed by atoms with Crippen molar-refractivity contribution in [2.24, 2.45) is 5.73 Å². The number of benzene rings is 3. The van der Waals surface area contributed by atoms with Gasteiger partial charge in [-0.05, 0) is 85.7 Å². The molecule has 0 fully saturated rings. The van der Waals surface area contributed by atoms with Crippen LogP contribution in [0.4, 0.5) is 22.0 Å². The lowest BCUT2D eigenvalue weighted by Gasteiger charge is -2.23. The number of nitrogens with one attached hydrogen (secondary N) is 1. The summed E-state index contributed by atoms with van der Waals surface area (Å²) in [4.78, 5) is 30.1. The summed E-state index contributed by atoms with van der Waals surface area (Å²) >= 11 is 0. The van der Waals surface area contributed by atoms with Gasteiger partial charge in [0.1, 0.15) is 29.7 Å². The minimum Gasteiger partial charge on any atom is -0.428 e. The van der Waals surface area contributed by atoms with E-state index in [1.54, 1.807) is 30.3 Å². The van der Waals surface area contributed by atoms with Crippen molar-refractivity contribution in [2.75, 3.05) is 0 Å². The first-order valence-corrected chi connectivity index (χ1v) is 15.5. The average molecular weight is 676 g/mol. The van der Waals surface area contributed by atoms with Crippen molar-refractivity contribution in [3.05, 3.63) is 136 Å². The summed E-state index contributed by atoms with van der Waals surface area (Å²) in [5.41, 5.74) is 6.24. The van der Waals surface area contributed by atoms with Crippen LogP contribution >= 0.6 is 0 Å². The SMILES string of the molecule is NC(=O)c1cc(-c2cccnc2[C@H](Cc2cc(F)cc(F)c2)NC(=O)Cn2nc3c(c2C(F)(F)Oc2ccccc2)CCCC3)ccc1F. The number of carbonyl (C=O) groups excluding carboxylic acids is 2. The molecule has 2 heterocycles. The van der Waals surface area contributed by atoms with Crippen molar-refractivity contribution in [1.29, 1.82) is 0 Å².